The van der Waals surface area contributed by atoms with E-state index in [0.717, 1.165) is 38.0 Å². The quantitative estimate of drug-likeness (QED) is 0.754. The molecule has 0 aromatic heterocycles. The van der Waals surface area contributed by atoms with Crippen LogP contribution in [0.25, 0.3) is 0 Å². The summed E-state index contributed by atoms with van der Waals surface area (Å²) in [5.74, 6) is 0.122. The van der Waals surface area contributed by atoms with E-state index in [4.69, 9.17) is 4.74 Å². The van der Waals surface area contributed by atoms with Crippen LogP contribution in [0.2, 0.25) is 0 Å². The summed E-state index contributed by atoms with van der Waals surface area (Å²) >= 11 is 0. The lowest BCUT2D eigenvalue weighted by Gasteiger charge is -2.35. The Labute approximate surface area is 168 Å². The van der Waals surface area contributed by atoms with Crippen LogP contribution in [0.15, 0.2) is 54.6 Å². The highest BCUT2D eigenvalue weighted by atomic mass is 16.5. The van der Waals surface area contributed by atoms with E-state index >= 15 is 0 Å². The largest absolute Gasteiger partial charge is 0.373 e. The van der Waals surface area contributed by atoms with Crippen molar-refractivity contribution < 1.29 is 9.53 Å². The van der Waals surface area contributed by atoms with E-state index < -0.39 is 0 Å². The number of benzene rings is 2. The highest BCUT2D eigenvalue weighted by Crippen LogP contribution is 2.15. The Bertz CT molecular complexity index is 720. The Kier molecular flexibility index (Phi) is 7.63. The minimum atomic E-state index is 0.122. The van der Waals surface area contributed by atoms with Crippen LogP contribution in [0.1, 0.15) is 43.4 Å². The normalized spacial score (nSPS) is 20.1. The lowest BCUT2D eigenvalue weighted by molar-refractivity contribution is -0.121. The Morgan fingerprint density at radius 1 is 0.964 bits per heavy atom. The van der Waals surface area contributed by atoms with Gasteiger partial charge in [0.1, 0.15) is 0 Å². The van der Waals surface area contributed by atoms with Gasteiger partial charge in [-0.15, -0.1) is 0 Å². The molecule has 1 amide bonds. The molecular formula is C24H32N2O2. The number of carbonyl (C=O) groups is 1. The molecule has 0 saturated carbocycles. The van der Waals surface area contributed by atoms with E-state index in [0.29, 0.717) is 25.2 Å². The van der Waals surface area contributed by atoms with Gasteiger partial charge in [0, 0.05) is 32.6 Å². The molecule has 2 aromatic carbocycles. The number of nitrogens with zero attached hydrogens (tertiary/aromatic N) is 1. The van der Waals surface area contributed by atoms with E-state index in [9.17, 15) is 4.79 Å². The number of carbonyl (C=O) groups excluding carboxylic acids is 1. The summed E-state index contributed by atoms with van der Waals surface area (Å²) in [7, 11) is 0. The molecule has 1 aliphatic rings. The minimum absolute atomic E-state index is 0.122. The minimum Gasteiger partial charge on any atom is -0.373 e. The van der Waals surface area contributed by atoms with Crippen LogP contribution in [0.3, 0.4) is 0 Å². The van der Waals surface area contributed by atoms with E-state index in [-0.39, 0.29) is 5.91 Å². The summed E-state index contributed by atoms with van der Waals surface area (Å²) in [5, 5.41) is 3.03. The molecule has 4 nitrogen and oxygen atoms in total. The third-order valence-electron chi connectivity index (χ3n) is 5.13. The molecule has 1 saturated heterocycles. The van der Waals surface area contributed by atoms with Crippen molar-refractivity contribution in [3.05, 3.63) is 71.3 Å². The van der Waals surface area contributed by atoms with E-state index in [1.807, 2.05) is 18.2 Å². The summed E-state index contributed by atoms with van der Waals surface area (Å²) < 4.78 is 5.80. The van der Waals surface area contributed by atoms with Gasteiger partial charge < -0.3 is 10.1 Å². The van der Waals surface area contributed by atoms with Crippen LogP contribution in [0.5, 0.6) is 0 Å². The third kappa shape index (κ3) is 6.77. The van der Waals surface area contributed by atoms with Crippen molar-refractivity contribution in [2.75, 3.05) is 13.1 Å². The van der Waals surface area contributed by atoms with E-state index in [2.05, 4.69) is 60.5 Å². The van der Waals surface area contributed by atoms with Crippen LogP contribution in [-0.4, -0.2) is 36.1 Å². The summed E-state index contributed by atoms with van der Waals surface area (Å²) in [6.07, 6.45) is 2.98. The lowest BCUT2D eigenvalue weighted by atomic mass is 10.1. The van der Waals surface area contributed by atoms with Gasteiger partial charge in [-0.3, -0.25) is 9.69 Å². The van der Waals surface area contributed by atoms with Crippen molar-refractivity contribution >= 4 is 5.91 Å². The van der Waals surface area contributed by atoms with Gasteiger partial charge in [0.2, 0.25) is 5.91 Å². The van der Waals surface area contributed by atoms with Crippen molar-refractivity contribution in [2.45, 2.75) is 58.4 Å². The summed E-state index contributed by atoms with van der Waals surface area (Å²) in [6, 6.07) is 18.9. The zero-order valence-corrected chi connectivity index (χ0v) is 17.1. The van der Waals surface area contributed by atoms with Gasteiger partial charge >= 0.3 is 0 Å². The third-order valence-corrected chi connectivity index (χ3v) is 5.13. The van der Waals surface area contributed by atoms with Crippen LogP contribution in [0.4, 0.5) is 0 Å². The molecule has 0 aliphatic carbocycles. The fraction of sp³-hybridized carbons (Fsp3) is 0.458. The maximum Gasteiger partial charge on any atom is 0.220 e. The Balaban J connectivity index is 1.37. The summed E-state index contributed by atoms with van der Waals surface area (Å²) in [5.41, 5.74) is 3.73. The molecule has 2 atom stereocenters. The first-order valence-electron chi connectivity index (χ1n) is 10.3. The zero-order chi connectivity index (χ0) is 19.8. The summed E-state index contributed by atoms with van der Waals surface area (Å²) in [4.78, 5) is 14.5. The number of aryl methyl sites for hydroxylation is 1. The first-order chi connectivity index (χ1) is 13.6. The lowest BCUT2D eigenvalue weighted by Crippen LogP contribution is -2.44. The van der Waals surface area contributed by atoms with Gasteiger partial charge in [0.05, 0.1) is 12.2 Å². The molecule has 1 aliphatic heterocycles. The predicted octanol–water partition coefficient (Wildman–Crippen LogP) is 3.93. The maximum absolute atomic E-state index is 12.1. The highest BCUT2D eigenvalue weighted by molar-refractivity contribution is 5.75. The fourth-order valence-electron chi connectivity index (χ4n) is 3.82. The Morgan fingerprint density at radius 3 is 2.29 bits per heavy atom. The Morgan fingerprint density at radius 2 is 1.61 bits per heavy atom. The molecule has 4 heteroatoms. The average Bonchev–Trinajstić information content (AvgIpc) is 2.67. The predicted molar refractivity (Wildman–Crippen MR) is 113 cm³/mol. The molecule has 3 rings (SSSR count). The van der Waals surface area contributed by atoms with Crippen molar-refractivity contribution in [1.82, 2.24) is 10.2 Å². The van der Waals surface area contributed by atoms with Crippen LogP contribution >= 0.6 is 0 Å². The topological polar surface area (TPSA) is 41.6 Å². The molecule has 0 bridgehead atoms. The fourth-order valence-corrected chi connectivity index (χ4v) is 3.82. The number of rotatable bonds is 8. The highest BCUT2D eigenvalue weighted by Gasteiger charge is 2.21. The first-order valence-corrected chi connectivity index (χ1v) is 10.3. The second kappa shape index (κ2) is 10.4. The monoisotopic (exact) mass is 380 g/mol. The molecule has 150 valence electrons. The smallest absolute Gasteiger partial charge is 0.220 e. The van der Waals surface area contributed by atoms with E-state index in [1.165, 1.54) is 11.1 Å². The second-order valence-corrected chi connectivity index (χ2v) is 7.88. The first kappa shape index (κ1) is 20.6. The maximum atomic E-state index is 12.1. The average molecular weight is 381 g/mol. The molecule has 1 fully saturated rings. The SMILES string of the molecule is C[C@@H]1CN(Cc2ccc(CNC(=O)CCCc3ccccc3)cc2)C[C@@H](C)O1. The van der Waals surface area contributed by atoms with Crippen LogP contribution < -0.4 is 5.32 Å². The number of hydrogen-bond donors (Lipinski definition) is 1. The summed E-state index contributed by atoms with van der Waals surface area (Å²) in [6.45, 7) is 7.76. The molecule has 2 aromatic rings. The molecule has 0 unspecified atom stereocenters. The molecule has 28 heavy (non-hydrogen) atoms. The number of hydrogen-bond acceptors (Lipinski definition) is 3. The van der Waals surface area contributed by atoms with E-state index in [1.54, 1.807) is 0 Å². The van der Waals surface area contributed by atoms with Crippen LogP contribution in [0, 0.1) is 0 Å². The van der Waals surface area contributed by atoms with Crippen LogP contribution in [-0.2, 0) is 29.0 Å². The standard InChI is InChI=1S/C24H32N2O2/c1-19-16-26(17-20(2)28-19)18-23-13-11-22(12-14-23)15-25-24(27)10-6-9-21-7-4-3-5-8-21/h3-5,7-8,11-14,19-20H,6,9-10,15-18H2,1-2H3,(H,25,27)/t19-,20-/m1/s1. The van der Waals surface area contributed by atoms with Crippen molar-refractivity contribution in [2.24, 2.45) is 0 Å². The molecule has 1 N–H and O–H groups in total. The van der Waals surface area contributed by atoms with Crippen molar-refractivity contribution in [3.8, 4) is 0 Å². The van der Waals surface area contributed by atoms with Gasteiger partial charge in [-0.25, -0.2) is 0 Å². The molecule has 0 radical (unpaired) electrons. The molecule has 0 spiro atoms. The number of morpholine rings is 1. The van der Waals surface area contributed by atoms with Gasteiger partial charge in [-0.1, -0.05) is 54.6 Å². The van der Waals surface area contributed by atoms with Gasteiger partial charge in [-0.2, -0.15) is 0 Å². The number of amides is 1. The van der Waals surface area contributed by atoms with Gasteiger partial charge in [-0.05, 0) is 43.4 Å². The van der Waals surface area contributed by atoms with Crippen molar-refractivity contribution in [1.29, 1.82) is 0 Å². The second-order valence-electron chi connectivity index (χ2n) is 7.88. The number of nitrogens with one attached hydrogen (secondary N) is 1. The number of ether oxygens (including phenoxy) is 1. The Hall–Kier alpha value is -2.17. The van der Waals surface area contributed by atoms with Gasteiger partial charge in [0.25, 0.3) is 0 Å². The van der Waals surface area contributed by atoms with Crippen molar-refractivity contribution in [3.63, 3.8) is 0 Å². The molecular weight excluding hydrogens is 348 g/mol. The van der Waals surface area contributed by atoms with Gasteiger partial charge in [0.15, 0.2) is 0 Å². The molecule has 1 heterocycles. The zero-order valence-electron chi connectivity index (χ0n) is 17.1.